The number of halogens is 3. The Morgan fingerprint density at radius 2 is 1.67 bits per heavy atom. The molecule has 0 bridgehead atoms. The number of ether oxygens (including phenoxy) is 3. The van der Waals surface area contributed by atoms with Crippen LogP contribution in [0.5, 0.6) is 17.4 Å². The van der Waals surface area contributed by atoms with Gasteiger partial charge in [-0.25, -0.2) is 9.78 Å². The molecule has 0 fully saturated rings. The molecule has 1 aromatic heterocycles. The number of carbonyl (C=O) groups is 2. The van der Waals surface area contributed by atoms with Crippen molar-refractivity contribution < 1.29 is 42.1 Å². The number of hydrogen-bond acceptors (Lipinski definition) is 6. The number of nitrogens with one attached hydrogen (secondary N) is 1. The maximum atomic E-state index is 13.2. The SMILES string of the molecule is COc1ccc2ccc(C(=O)NC(C(=O)O)C(C)(C)C)c(OCc3ccc(OC(F)(F)F)cc3)c2n1. The van der Waals surface area contributed by atoms with Gasteiger partial charge < -0.3 is 24.6 Å². The first-order chi connectivity index (χ1) is 16.8. The standard InChI is InChI=1S/C25H25F3N2O6/c1-24(2,3)21(23(32)33)30-22(31)17-11-7-15-8-12-18(34-4)29-19(15)20(17)35-13-14-5-9-16(10-6-14)36-25(26,27)28/h5-12,21H,13H2,1-4H3,(H,30,31)(H,32,33). The first kappa shape index (κ1) is 26.6. The van der Waals surface area contributed by atoms with Crippen LogP contribution >= 0.6 is 0 Å². The van der Waals surface area contributed by atoms with E-state index in [9.17, 15) is 27.9 Å². The molecular formula is C25H25F3N2O6. The van der Waals surface area contributed by atoms with Crippen LogP contribution in [0.1, 0.15) is 36.7 Å². The molecular weight excluding hydrogens is 481 g/mol. The lowest BCUT2D eigenvalue weighted by atomic mass is 9.86. The first-order valence-electron chi connectivity index (χ1n) is 10.8. The zero-order chi connectivity index (χ0) is 26.7. The van der Waals surface area contributed by atoms with Gasteiger partial charge in [0.15, 0.2) is 5.75 Å². The molecule has 11 heteroatoms. The number of nitrogens with zero attached hydrogens (tertiary/aromatic N) is 1. The number of alkyl halides is 3. The maximum Gasteiger partial charge on any atom is 0.573 e. The number of hydrogen-bond donors (Lipinski definition) is 2. The summed E-state index contributed by atoms with van der Waals surface area (Å²) in [6, 6.07) is 10.4. The quantitative estimate of drug-likeness (QED) is 0.445. The molecule has 3 rings (SSSR count). The number of benzene rings is 2. The molecule has 0 radical (unpaired) electrons. The van der Waals surface area contributed by atoms with Gasteiger partial charge >= 0.3 is 12.3 Å². The van der Waals surface area contributed by atoms with Crippen molar-refractivity contribution in [3.63, 3.8) is 0 Å². The zero-order valence-corrected chi connectivity index (χ0v) is 20.0. The van der Waals surface area contributed by atoms with E-state index in [4.69, 9.17) is 9.47 Å². The number of pyridine rings is 1. The van der Waals surface area contributed by atoms with E-state index in [1.54, 1.807) is 39.0 Å². The highest BCUT2D eigenvalue weighted by Gasteiger charge is 2.34. The van der Waals surface area contributed by atoms with Crippen LogP contribution in [-0.4, -0.2) is 41.5 Å². The van der Waals surface area contributed by atoms with E-state index in [0.717, 1.165) is 12.1 Å². The normalized spacial score (nSPS) is 12.6. The molecule has 2 N–H and O–H groups in total. The summed E-state index contributed by atoms with van der Waals surface area (Å²) >= 11 is 0. The fourth-order valence-electron chi connectivity index (χ4n) is 3.38. The molecule has 36 heavy (non-hydrogen) atoms. The molecule has 1 heterocycles. The van der Waals surface area contributed by atoms with E-state index >= 15 is 0 Å². The highest BCUT2D eigenvalue weighted by molar-refractivity contribution is 6.04. The molecule has 0 spiro atoms. The number of aliphatic carboxylic acids is 1. The Morgan fingerprint density at radius 1 is 1.03 bits per heavy atom. The average molecular weight is 506 g/mol. The van der Waals surface area contributed by atoms with E-state index < -0.39 is 29.7 Å². The minimum Gasteiger partial charge on any atom is -0.486 e. The molecule has 0 saturated heterocycles. The van der Waals surface area contributed by atoms with Crippen LogP contribution in [0.15, 0.2) is 48.5 Å². The number of carboxylic acid groups (broad SMARTS) is 1. The molecule has 1 amide bonds. The topological polar surface area (TPSA) is 107 Å². The summed E-state index contributed by atoms with van der Waals surface area (Å²) in [5, 5.41) is 12.8. The van der Waals surface area contributed by atoms with Crippen molar-refractivity contribution in [1.82, 2.24) is 10.3 Å². The first-order valence-corrected chi connectivity index (χ1v) is 10.8. The lowest BCUT2D eigenvalue weighted by Crippen LogP contribution is -2.49. The Labute approximate surface area is 205 Å². The number of methoxy groups -OCH3 is 1. The van der Waals surface area contributed by atoms with Crippen LogP contribution in [0.25, 0.3) is 10.9 Å². The second-order valence-electron chi connectivity index (χ2n) is 8.96. The minimum atomic E-state index is -4.81. The lowest BCUT2D eigenvalue weighted by molar-refractivity contribution is -0.274. The number of rotatable bonds is 8. The molecule has 8 nitrogen and oxygen atoms in total. The molecule has 0 aliphatic rings. The Hall–Kier alpha value is -4.02. The van der Waals surface area contributed by atoms with Crippen molar-refractivity contribution in [2.45, 2.75) is 39.8 Å². The third-order valence-electron chi connectivity index (χ3n) is 5.17. The van der Waals surface area contributed by atoms with Gasteiger partial charge in [-0.1, -0.05) is 39.0 Å². The minimum absolute atomic E-state index is 0.0378. The van der Waals surface area contributed by atoms with Gasteiger partial charge in [-0.05, 0) is 35.2 Å². The Balaban J connectivity index is 1.96. The third kappa shape index (κ3) is 6.55. The molecule has 2 aromatic carbocycles. The largest absolute Gasteiger partial charge is 0.573 e. The van der Waals surface area contributed by atoms with Crippen LogP contribution in [-0.2, 0) is 11.4 Å². The molecule has 192 valence electrons. The van der Waals surface area contributed by atoms with Crippen molar-refractivity contribution in [1.29, 1.82) is 0 Å². The maximum absolute atomic E-state index is 13.2. The highest BCUT2D eigenvalue weighted by atomic mass is 19.4. The summed E-state index contributed by atoms with van der Waals surface area (Å²) in [7, 11) is 1.43. The summed E-state index contributed by atoms with van der Waals surface area (Å²) in [5.74, 6) is -1.94. The summed E-state index contributed by atoms with van der Waals surface area (Å²) in [5.41, 5.74) is 0.0486. The molecule has 1 unspecified atom stereocenters. The van der Waals surface area contributed by atoms with Crippen molar-refractivity contribution in [3.8, 4) is 17.4 Å². The van der Waals surface area contributed by atoms with Crippen molar-refractivity contribution in [2.75, 3.05) is 7.11 Å². The molecule has 0 saturated carbocycles. The highest BCUT2D eigenvalue weighted by Crippen LogP contribution is 2.32. The predicted molar refractivity (Wildman–Crippen MR) is 124 cm³/mol. The Morgan fingerprint density at radius 3 is 2.22 bits per heavy atom. The summed E-state index contributed by atoms with van der Waals surface area (Å²) < 4.78 is 52.2. The van der Waals surface area contributed by atoms with E-state index in [1.165, 1.54) is 25.3 Å². The van der Waals surface area contributed by atoms with Crippen molar-refractivity contribution in [3.05, 3.63) is 59.7 Å². The average Bonchev–Trinajstić information content (AvgIpc) is 2.79. The van der Waals surface area contributed by atoms with Gasteiger partial charge in [-0.2, -0.15) is 0 Å². The summed E-state index contributed by atoms with van der Waals surface area (Å²) in [4.78, 5) is 29.3. The second kappa shape index (κ2) is 10.3. The van der Waals surface area contributed by atoms with Gasteiger partial charge in [-0.15, -0.1) is 13.2 Å². The predicted octanol–water partition coefficient (Wildman–Crippen LogP) is 4.95. The fourth-order valence-corrected chi connectivity index (χ4v) is 3.38. The van der Waals surface area contributed by atoms with Crippen LogP contribution in [0.4, 0.5) is 13.2 Å². The van der Waals surface area contributed by atoms with Crippen molar-refractivity contribution >= 4 is 22.8 Å². The Kier molecular flexibility index (Phi) is 7.61. The molecule has 0 aliphatic heterocycles. The van der Waals surface area contributed by atoms with E-state index in [-0.39, 0.29) is 29.5 Å². The van der Waals surface area contributed by atoms with Crippen LogP contribution < -0.4 is 19.5 Å². The second-order valence-corrected chi connectivity index (χ2v) is 8.96. The molecule has 0 aliphatic carbocycles. The van der Waals surface area contributed by atoms with Crippen LogP contribution in [0, 0.1) is 5.41 Å². The van der Waals surface area contributed by atoms with Gasteiger partial charge in [0.1, 0.15) is 23.9 Å². The van der Waals surface area contributed by atoms with Gasteiger partial charge in [0.05, 0.1) is 12.7 Å². The van der Waals surface area contributed by atoms with Crippen molar-refractivity contribution in [2.24, 2.45) is 5.41 Å². The lowest BCUT2D eigenvalue weighted by Gasteiger charge is -2.28. The summed E-state index contributed by atoms with van der Waals surface area (Å²) in [6.07, 6.45) is -4.81. The number of aromatic nitrogens is 1. The van der Waals surface area contributed by atoms with Gasteiger partial charge in [0.2, 0.25) is 5.88 Å². The number of fused-ring (bicyclic) bond motifs is 1. The van der Waals surface area contributed by atoms with Gasteiger partial charge in [0.25, 0.3) is 5.91 Å². The van der Waals surface area contributed by atoms with E-state index in [2.05, 4.69) is 15.0 Å². The summed E-state index contributed by atoms with van der Waals surface area (Å²) in [6.45, 7) is 4.93. The smallest absolute Gasteiger partial charge is 0.486 e. The van der Waals surface area contributed by atoms with Gasteiger partial charge in [-0.3, -0.25) is 4.79 Å². The monoisotopic (exact) mass is 506 g/mol. The fraction of sp³-hybridized carbons (Fsp3) is 0.320. The number of amides is 1. The Bertz CT molecular complexity index is 1250. The zero-order valence-electron chi connectivity index (χ0n) is 20.0. The van der Waals surface area contributed by atoms with Crippen LogP contribution in [0.3, 0.4) is 0 Å². The number of carboxylic acids is 1. The van der Waals surface area contributed by atoms with Gasteiger partial charge in [0, 0.05) is 11.5 Å². The molecule has 1 atom stereocenters. The van der Waals surface area contributed by atoms with E-state index in [1.807, 2.05) is 0 Å². The number of carbonyl (C=O) groups excluding carboxylic acids is 1. The third-order valence-corrected chi connectivity index (χ3v) is 5.17. The molecule has 3 aromatic rings. The van der Waals surface area contributed by atoms with Crippen LogP contribution in [0.2, 0.25) is 0 Å². The van der Waals surface area contributed by atoms with E-state index in [0.29, 0.717) is 16.5 Å².